The molecule has 2 aromatic heterocycles. The number of ether oxygens (including phenoxy) is 4. The number of halogens is 7. The summed E-state index contributed by atoms with van der Waals surface area (Å²) in [5.74, 6) is 2.35. The minimum absolute atomic E-state index is 0.0261. The number of nitrogens with zero attached hydrogens (tertiary/aromatic N) is 6. The first kappa shape index (κ1) is 39.5. The SMILES string of the molecule is CI.CS(=O)(=O)Cc1nc(Cl)nc2c1OCC1COCCN21.Clc1nc(CI)c2c(n1)N1CCOCC1CO2.[I][V]([I])[I]. The number of hydrogen-bond donors (Lipinski definition) is 0. The molecule has 2 saturated heterocycles. The number of alkyl halides is 2. The van der Waals surface area contributed by atoms with Gasteiger partial charge in [-0.15, -0.1) is 0 Å². The van der Waals surface area contributed by atoms with Crippen molar-refractivity contribution in [3.05, 3.63) is 22.0 Å². The first-order valence-electron chi connectivity index (χ1n) is 12.4. The third-order valence-electron chi connectivity index (χ3n) is 6.15. The zero-order valence-corrected chi connectivity index (χ0v) is 37.4. The molecule has 0 amide bonds. The van der Waals surface area contributed by atoms with E-state index in [4.69, 9.17) is 42.1 Å². The number of anilines is 2. The standard InChI is InChI=1S/C11H14ClN3O4S.C10H11ClIN3O2.CH3I.3HI.V/c1-20(16,17)6-8-9-10(14-11(12)13-8)15-2-3-18-4-7(15)5-19-9;11-10-13-7(3-12)8-9(14-10)15-1-2-16-4-6(15)5-17-8;1-2;;;;/h7H,2-6H2,1H3;6H,1-5H2;1H3;3*1H;/q;;;;;;+3/p-3. The molecule has 2 fully saturated rings. The average molecular weight is 1260 g/mol. The Balaban J connectivity index is 0.000000201. The molecule has 2 atom stereocenters. The predicted molar refractivity (Wildman–Crippen MR) is 207 cm³/mol. The number of aromatic nitrogens is 4. The van der Waals surface area contributed by atoms with Crippen LogP contribution in [0, 0.1) is 0 Å². The second-order valence-electron chi connectivity index (χ2n) is 9.05. The molecule has 0 spiro atoms. The third kappa shape index (κ3) is 11.9. The van der Waals surface area contributed by atoms with Crippen molar-refractivity contribution in [2.45, 2.75) is 22.3 Å². The zero-order valence-electron chi connectivity index (χ0n) is 22.9. The van der Waals surface area contributed by atoms with Gasteiger partial charge in [0.2, 0.25) is 10.6 Å². The summed E-state index contributed by atoms with van der Waals surface area (Å²) in [6.45, 7) is 5.11. The van der Waals surface area contributed by atoms with Gasteiger partial charge in [-0.25, -0.2) is 18.4 Å². The molecule has 0 saturated carbocycles. The third-order valence-corrected chi connectivity index (χ3v) is 8.00. The van der Waals surface area contributed by atoms with Crippen LogP contribution in [0.4, 0.5) is 11.6 Å². The van der Waals surface area contributed by atoms with Gasteiger partial charge in [0.1, 0.15) is 18.9 Å². The van der Waals surface area contributed by atoms with E-state index in [1.807, 2.05) is 9.83 Å². The van der Waals surface area contributed by atoms with Crippen LogP contribution in [-0.2, 0) is 34.4 Å². The molecule has 43 heavy (non-hydrogen) atoms. The number of sulfone groups is 1. The summed E-state index contributed by atoms with van der Waals surface area (Å²) in [4.78, 5) is 22.7. The van der Waals surface area contributed by atoms with E-state index in [0.29, 0.717) is 56.8 Å². The van der Waals surface area contributed by atoms with E-state index in [9.17, 15) is 8.42 Å². The number of hydrogen-bond acceptors (Lipinski definition) is 12. The number of rotatable bonds is 3. The van der Waals surface area contributed by atoms with Crippen molar-refractivity contribution in [2.75, 3.05) is 73.7 Å². The van der Waals surface area contributed by atoms with Crippen molar-refractivity contribution in [2.24, 2.45) is 0 Å². The van der Waals surface area contributed by atoms with Crippen LogP contribution in [0.3, 0.4) is 0 Å². The Morgan fingerprint density at radius 3 is 1.65 bits per heavy atom. The van der Waals surface area contributed by atoms with Gasteiger partial charge in [-0.2, -0.15) is 9.97 Å². The maximum absolute atomic E-state index is 11.5. The Bertz CT molecular complexity index is 1340. The van der Waals surface area contributed by atoms with E-state index < -0.39 is 9.84 Å². The van der Waals surface area contributed by atoms with E-state index in [-0.39, 0.29) is 33.3 Å². The molecule has 2 unspecified atom stereocenters. The van der Waals surface area contributed by atoms with E-state index in [0.717, 1.165) is 41.1 Å². The fourth-order valence-electron chi connectivity index (χ4n) is 4.53. The summed E-state index contributed by atoms with van der Waals surface area (Å²) in [5.41, 5.74) is 1.18. The Labute approximate surface area is 326 Å². The molecule has 2 aromatic rings. The molecule has 21 heteroatoms. The van der Waals surface area contributed by atoms with Crippen LogP contribution in [0.5, 0.6) is 11.5 Å². The van der Waals surface area contributed by atoms with Crippen molar-refractivity contribution in [3.8, 4) is 11.5 Å². The van der Waals surface area contributed by atoms with Crippen molar-refractivity contribution >= 4 is 150 Å². The number of fused-ring (bicyclic) bond motifs is 6. The van der Waals surface area contributed by atoms with Gasteiger partial charge < -0.3 is 28.7 Å². The molecular weight excluding hydrogens is 1230 g/mol. The molecule has 0 N–H and O–H groups in total. The van der Waals surface area contributed by atoms with Gasteiger partial charge in [-0.05, 0) is 28.1 Å². The Morgan fingerprint density at radius 1 is 0.814 bits per heavy atom. The van der Waals surface area contributed by atoms with Gasteiger partial charge in [-0.3, -0.25) is 0 Å². The molecule has 0 aliphatic carbocycles. The summed E-state index contributed by atoms with van der Waals surface area (Å²) in [5, 5.41) is 0.310. The Hall–Kier alpha value is 2.04. The molecule has 12 nitrogen and oxygen atoms in total. The molecule has 0 bridgehead atoms. The minimum atomic E-state index is -3.23. The summed E-state index contributed by atoms with van der Waals surface area (Å²) >= 11 is 23.7. The molecule has 4 aliphatic rings. The van der Waals surface area contributed by atoms with E-state index >= 15 is 0 Å². The Morgan fingerprint density at radius 2 is 1.23 bits per heavy atom. The molecule has 242 valence electrons. The maximum atomic E-state index is 11.5. The first-order chi connectivity index (χ1) is 20.5. The summed E-state index contributed by atoms with van der Waals surface area (Å²) in [6, 6.07) is 0.317. The fourth-order valence-corrected chi connectivity index (χ4v) is 6.11. The van der Waals surface area contributed by atoms with Gasteiger partial charge in [-0.1, -0.05) is 45.2 Å². The molecular formula is C22H28Cl2I5N6O6SV. The van der Waals surface area contributed by atoms with Gasteiger partial charge in [0.05, 0.1) is 50.0 Å². The molecule has 0 aromatic carbocycles. The van der Waals surface area contributed by atoms with Crippen LogP contribution in [0.2, 0.25) is 10.6 Å². The second kappa shape index (κ2) is 19.3. The van der Waals surface area contributed by atoms with Gasteiger partial charge in [0, 0.05) is 23.8 Å². The molecule has 4 aliphatic heterocycles. The second-order valence-corrected chi connectivity index (χ2v) is 48.0. The molecule has 0 radical (unpaired) electrons. The monoisotopic (exact) mass is 1260 g/mol. The van der Waals surface area contributed by atoms with Crippen LogP contribution >= 0.6 is 128 Å². The van der Waals surface area contributed by atoms with E-state index in [1.54, 1.807) is 0 Å². The van der Waals surface area contributed by atoms with Gasteiger partial charge in [0.25, 0.3) is 0 Å². The van der Waals surface area contributed by atoms with E-state index in [1.165, 1.54) is 0 Å². The first-order valence-corrected chi connectivity index (χ1v) is 32.4. The van der Waals surface area contributed by atoms with Crippen LogP contribution in [0.25, 0.3) is 0 Å². The van der Waals surface area contributed by atoms with Crippen LogP contribution in [0.15, 0.2) is 0 Å². The predicted octanol–water partition coefficient (Wildman–Crippen LogP) is 5.64. The van der Waals surface area contributed by atoms with Crippen molar-refractivity contribution in [1.82, 2.24) is 19.9 Å². The van der Waals surface area contributed by atoms with Gasteiger partial charge >= 0.3 is 64.9 Å². The van der Waals surface area contributed by atoms with E-state index in [2.05, 4.69) is 130 Å². The quantitative estimate of drug-likeness (QED) is 0.215. The van der Waals surface area contributed by atoms with Gasteiger partial charge in [0.15, 0.2) is 33.0 Å². The Kier molecular flexibility index (Phi) is 17.7. The van der Waals surface area contributed by atoms with Crippen LogP contribution in [-0.4, -0.2) is 104 Å². The molecule has 6 rings (SSSR count). The fraction of sp³-hybridized carbons (Fsp3) is 0.636. The summed E-state index contributed by atoms with van der Waals surface area (Å²) < 4.78 is 46.0. The average Bonchev–Trinajstić information content (AvgIpc) is 2.97. The van der Waals surface area contributed by atoms with Crippen molar-refractivity contribution < 1.29 is 32.3 Å². The number of morpholine rings is 2. The van der Waals surface area contributed by atoms with Crippen molar-refractivity contribution in [1.29, 1.82) is 0 Å². The molecule has 6 heterocycles. The zero-order chi connectivity index (χ0) is 31.7. The van der Waals surface area contributed by atoms with Crippen molar-refractivity contribution in [3.63, 3.8) is 0 Å². The summed E-state index contributed by atoms with van der Waals surface area (Å²) in [7, 11) is -3.23. The van der Waals surface area contributed by atoms with Crippen LogP contribution < -0.4 is 19.3 Å². The summed E-state index contributed by atoms with van der Waals surface area (Å²) in [6.07, 6.45) is 1.15. The van der Waals surface area contributed by atoms with Crippen LogP contribution in [0.1, 0.15) is 11.4 Å². The normalized spacial score (nSPS) is 20.1. The topological polar surface area (TPSA) is 129 Å².